The minimum atomic E-state index is -0.506. The minimum Gasteiger partial charge on any atom is -0.465 e. The zero-order valence-electron chi connectivity index (χ0n) is 16.1. The number of amides is 2. The lowest BCUT2D eigenvalue weighted by molar-refractivity contribution is -0.126. The summed E-state index contributed by atoms with van der Waals surface area (Å²) in [4.78, 5) is 40.5. The molecule has 0 N–H and O–H groups in total. The molecule has 1 saturated heterocycles. The number of rotatable bonds is 4. The van der Waals surface area contributed by atoms with Crippen molar-refractivity contribution in [2.24, 2.45) is 5.92 Å². The number of esters is 1. The number of benzene rings is 2. The number of carbonyl (C=O) groups is 3. The number of hydrogen-bond acceptors (Lipinski definition) is 6. The highest BCUT2D eigenvalue weighted by atomic mass is 16.7. The van der Waals surface area contributed by atoms with Gasteiger partial charge in [0.2, 0.25) is 12.7 Å². The van der Waals surface area contributed by atoms with Gasteiger partial charge in [0.15, 0.2) is 11.5 Å². The summed E-state index contributed by atoms with van der Waals surface area (Å²) in [5.74, 6) is 0.00505. The third-order valence-corrected chi connectivity index (χ3v) is 5.14. The maximum absolute atomic E-state index is 12.8. The molecule has 0 saturated carbocycles. The molecule has 2 aromatic rings. The number of likely N-dealkylation sites (tertiary alicyclic amines) is 1. The SMILES string of the molecule is COC(=O)c1ccccc1N(C)C(=O)C1CN(C(=O)c2ccc3c(c2)OCO3)C1. The third kappa shape index (κ3) is 3.37. The van der Waals surface area contributed by atoms with E-state index in [1.807, 2.05) is 0 Å². The number of fused-ring (bicyclic) bond motifs is 1. The van der Waals surface area contributed by atoms with Crippen molar-refractivity contribution in [3.63, 3.8) is 0 Å². The first-order chi connectivity index (χ1) is 14.0. The van der Waals surface area contributed by atoms with Crippen molar-refractivity contribution >= 4 is 23.5 Å². The van der Waals surface area contributed by atoms with Crippen LogP contribution in [0.15, 0.2) is 42.5 Å². The van der Waals surface area contributed by atoms with Gasteiger partial charge >= 0.3 is 5.97 Å². The maximum atomic E-state index is 12.8. The number of carbonyl (C=O) groups excluding carboxylic acids is 3. The molecule has 0 aliphatic carbocycles. The molecular weight excluding hydrogens is 376 g/mol. The van der Waals surface area contributed by atoms with Crippen LogP contribution in [0.5, 0.6) is 11.5 Å². The van der Waals surface area contributed by atoms with Crippen LogP contribution in [0.4, 0.5) is 5.69 Å². The van der Waals surface area contributed by atoms with Gasteiger partial charge in [-0.05, 0) is 30.3 Å². The molecule has 4 rings (SSSR count). The van der Waals surface area contributed by atoms with Crippen molar-refractivity contribution in [3.05, 3.63) is 53.6 Å². The number of anilines is 1. The van der Waals surface area contributed by atoms with Gasteiger partial charge in [0.05, 0.1) is 24.3 Å². The van der Waals surface area contributed by atoms with E-state index in [-0.39, 0.29) is 24.5 Å². The van der Waals surface area contributed by atoms with Crippen LogP contribution < -0.4 is 14.4 Å². The number of para-hydroxylation sites is 1. The summed E-state index contributed by atoms with van der Waals surface area (Å²) in [6, 6.07) is 11.8. The molecule has 2 heterocycles. The zero-order chi connectivity index (χ0) is 20.5. The standard InChI is InChI=1S/C21H20N2O6/c1-22(16-6-4-3-5-15(16)21(26)27-2)19(24)14-10-23(11-14)20(25)13-7-8-17-18(9-13)29-12-28-17/h3-9,14H,10-12H2,1-2H3. The van der Waals surface area contributed by atoms with Crippen LogP contribution in [-0.2, 0) is 9.53 Å². The second kappa shape index (κ2) is 7.46. The molecule has 2 amide bonds. The number of methoxy groups -OCH3 is 1. The van der Waals surface area contributed by atoms with Crippen molar-refractivity contribution in [3.8, 4) is 11.5 Å². The van der Waals surface area contributed by atoms with E-state index in [4.69, 9.17) is 14.2 Å². The van der Waals surface area contributed by atoms with Crippen molar-refractivity contribution in [1.29, 1.82) is 0 Å². The lowest BCUT2D eigenvalue weighted by atomic mass is 9.96. The summed E-state index contributed by atoms with van der Waals surface area (Å²) < 4.78 is 15.4. The van der Waals surface area contributed by atoms with Crippen molar-refractivity contribution in [1.82, 2.24) is 4.90 Å². The van der Waals surface area contributed by atoms with Crippen LogP contribution in [-0.4, -0.2) is 56.7 Å². The van der Waals surface area contributed by atoms with Gasteiger partial charge in [-0.1, -0.05) is 12.1 Å². The van der Waals surface area contributed by atoms with Gasteiger partial charge in [-0.2, -0.15) is 0 Å². The molecule has 2 aliphatic heterocycles. The Hall–Kier alpha value is -3.55. The monoisotopic (exact) mass is 396 g/mol. The van der Waals surface area contributed by atoms with Gasteiger partial charge in [-0.15, -0.1) is 0 Å². The smallest absolute Gasteiger partial charge is 0.339 e. The van der Waals surface area contributed by atoms with Crippen molar-refractivity contribution < 1.29 is 28.6 Å². The van der Waals surface area contributed by atoms with Crippen molar-refractivity contribution in [2.75, 3.05) is 38.9 Å². The number of ether oxygens (including phenoxy) is 3. The Morgan fingerprint density at radius 1 is 1.07 bits per heavy atom. The molecule has 2 aliphatic rings. The summed E-state index contributed by atoms with van der Waals surface area (Å²) in [5, 5.41) is 0. The van der Waals surface area contributed by atoms with E-state index in [1.165, 1.54) is 12.0 Å². The van der Waals surface area contributed by atoms with Gasteiger partial charge in [0.1, 0.15) is 0 Å². The van der Waals surface area contributed by atoms with Crippen LogP contribution >= 0.6 is 0 Å². The Bertz CT molecular complexity index is 983. The maximum Gasteiger partial charge on any atom is 0.339 e. The van der Waals surface area contributed by atoms with Crippen LogP contribution in [0.1, 0.15) is 20.7 Å². The second-order valence-corrected chi connectivity index (χ2v) is 6.88. The largest absolute Gasteiger partial charge is 0.465 e. The summed E-state index contributed by atoms with van der Waals surface area (Å²) in [7, 11) is 2.92. The van der Waals surface area contributed by atoms with Crippen LogP contribution in [0, 0.1) is 5.92 Å². The molecule has 0 bridgehead atoms. The van der Waals surface area contributed by atoms with Crippen LogP contribution in [0.2, 0.25) is 0 Å². The summed E-state index contributed by atoms with van der Waals surface area (Å²) in [6.45, 7) is 0.778. The Kier molecular flexibility index (Phi) is 4.84. The number of nitrogens with zero attached hydrogens (tertiary/aromatic N) is 2. The highest BCUT2D eigenvalue weighted by Crippen LogP contribution is 2.33. The van der Waals surface area contributed by atoms with Crippen molar-refractivity contribution in [2.45, 2.75) is 0 Å². The lowest BCUT2D eigenvalue weighted by Gasteiger charge is -2.40. The normalized spacial score (nSPS) is 14.9. The van der Waals surface area contributed by atoms with Gasteiger partial charge in [0, 0.05) is 25.7 Å². The summed E-state index contributed by atoms with van der Waals surface area (Å²) in [5.41, 5.74) is 1.29. The molecule has 0 aromatic heterocycles. The molecule has 0 spiro atoms. The predicted octanol–water partition coefficient (Wildman–Crippen LogP) is 1.94. The number of hydrogen-bond donors (Lipinski definition) is 0. The van der Waals surface area contributed by atoms with E-state index in [2.05, 4.69) is 0 Å². The first kappa shape index (κ1) is 18.8. The molecule has 1 fully saturated rings. The van der Waals surface area contributed by atoms with E-state index in [0.717, 1.165) is 0 Å². The molecule has 0 unspecified atom stereocenters. The predicted molar refractivity (Wildman–Crippen MR) is 103 cm³/mol. The van der Waals surface area contributed by atoms with E-state index in [1.54, 1.807) is 54.4 Å². The second-order valence-electron chi connectivity index (χ2n) is 6.88. The minimum absolute atomic E-state index is 0.145. The molecular formula is C21H20N2O6. The first-order valence-electron chi connectivity index (χ1n) is 9.13. The van der Waals surface area contributed by atoms with Crippen LogP contribution in [0.25, 0.3) is 0 Å². The van der Waals surface area contributed by atoms with E-state index in [0.29, 0.717) is 41.4 Å². The van der Waals surface area contributed by atoms with Gasteiger partial charge in [-0.25, -0.2) is 4.79 Å². The van der Waals surface area contributed by atoms with Gasteiger partial charge in [0.25, 0.3) is 5.91 Å². The van der Waals surface area contributed by atoms with Gasteiger partial charge < -0.3 is 24.0 Å². The topological polar surface area (TPSA) is 85.4 Å². The molecule has 8 heteroatoms. The fraction of sp³-hybridized carbons (Fsp3) is 0.286. The third-order valence-electron chi connectivity index (χ3n) is 5.14. The Morgan fingerprint density at radius 3 is 2.55 bits per heavy atom. The summed E-state index contributed by atoms with van der Waals surface area (Å²) >= 11 is 0. The van der Waals surface area contributed by atoms with Crippen LogP contribution in [0.3, 0.4) is 0 Å². The molecule has 150 valence electrons. The van der Waals surface area contributed by atoms with Gasteiger partial charge in [-0.3, -0.25) is 9.59 Å². The average molecular weight is 396 g/mol. The highest BCUT2D eigenvalue weighted by Gasteiger charge is 2.38. The Morgan fingerprint density at radius 2 is 1.79 bits per heavy atom. The molecule has 8 nitrogen and oxygen atoms in total. The molecule has 29 heavy (non-hydrogen) atoms. The van der Waals surface area contributed by atoms with E-state index < -0.39 is 5.97 Å². The Balaban J connectivity index is 1.41. The molecule has 2 aromatic carbocycles. The quantitative estimate of drug-likeness (QED) is 0.735. The zero-order valence-corrected chi connectivity index (χ0v) is 16.1. The van der Waals surface area contributed by atoms with E-state index in [9.17, 15) is 14.4 Å². The fourth-order valence-electron chi connectivity index (χ4n) is 3.45. The first-order valence-corrected chi connectivity index (χ1v) is 9.13. The Labute approximate surface area is 167 Å². The molecule has 0 radical (unpaired) electrons. The van der Waals surface area contributed by atoms with E-state index >= 15 is 0 Å². The highest BCUT2D eigenvalue weighted by molar-refractivity contribution is 6.04. The fourth-order valence-corrected chi connectivity index (χ4v) is 3.45. The molecule has 0 atom stereocenters. The summed E-state index contributed by atoms with van der Waals surface area (Å²) in [6.07, 6.45) is 0. The lowest BCUT2D eigenvalue weighted by Crippen LogP contribution is -2.56. The average Bonchev–Trinajstić information content (AvgIpc) is 3.19.